The summed E-state index contributed by atoms with van der Waals surface area (Å²) in [5.74, 6) is -2.69. The largest absolute Gasteiger partial charge is 0.481 e. The van der Waals surface area contributed by atoms with Crippen molar-refractivity contribution >= 4 is 17.7 Å². The number of carbonyl (C=O) groups excluding carboxylic acids is 1. The van der Waals surface area contributed by atoms with Crippen molar-refractivity contribution in [3.8, 4) is 0 Å². The Kier molecular flexibility index (Phi) is 5.52. The van der Waals surface area contributed by atoms with Crippen molar-refractivity contribution < 1.29 is 24.6 Å². The van der Waals surface area contributed by atoms with Crippen LogP contribution < -0.4 is 0 Å². The second-order valence-electron chi connectivity index (χ2n) is 3.21. The lowest BCUT2D eigenvalue weighted by molar-refractivity contribution is -0.142. The quantitative estimate of drug-likeness (QED) is 0.640. The van der Waals surface area contributed by atoms with E-state index in [1.54, 1.807) is 0 Å². The van der Waals surface area contributed by atoms with E-state index >= 15 is 0 Å². The maximum absolute atomic E-state index is 11.0. The molecular weight excluding hydrogens is 188 g/mol. The summed E-state index contributed by atoms with van der Waals surface area (Å²) < 4.78 is 0. The first-order chi connectivity index (χ1) is 6.43. The second kappa shape index (κ2) is 6.12. The van der Waals surface area contributed by atoms with Gasteiger partial charge in [-0.2, -0.15) is 0 Å². The summed E-state index contributed by atoms with van der Waals surface area (Å²) in [6, 6.07) is 0. The number of Topliss-reactive ketones (excluding diaryl/α,β-unsaturated/α-hetero) is 1. The van der Waals surface area contributed by atoms with Crippen molar-refractivity contribution in [3.05, 3.63) is 0 Å². The van der Waals surface area contributed by atoms with Crippen LogP contribution in [0.15, 0.2) is 0 Å². The Balaban J connectivity index is 3.64. The molecule has 0 aromatic heterocycles. The number of carbonyl (C=O) groups is 3. The van der Waals surface area contributed by atoms with Gasteiger partial charge in [-0.15, -0.1) is 0 Å². The van der Waals surface area contributed by atoms with Crippen LogP contribution in [-0.4, -0.2) is 27.9 Å². The highest BCUT2D eigenvalue weighted by molar-refractivity contribution is 5.82. The highest BCUT2D eigenvalue weighted by Gasteiger charge is 2.13. The molecule has 5 nitrogen and oxygen atoms in total. The maximum Gasteiger partial charge on any atom is 0.306 e. The van der Waals surface area contributed by atoms with Crippen LogP contribution in [0.4, 0.5) is 0 Å². The van der Waals surface area contributed by atoms with E-state index in [9.17, 15) is 14.4 Å². The fraction of sp³-hybridized carbons (Fsp3) is 0.667. The zero-order valence-corrected chi connectivity index (χ0v) is 8.02. The van der Waals surface area contributed by atoms with E-state index in [-0.39, 0.29) is 31.5 Å². The third-order valence-corrected chi connectivity index (χ3v) is 1.90. The van der Waals surface area contributed by atoms with Gasteiger partial charge in [-0.25, -0.2) is 0 Å². The molecule has 0 fully saturated rings. The summed E-state index contributed by atoms with van der Waals surface area (Å²) in [5.41, 5.74) is 0. The molecule has 2 N–H and O–H groups in total. The summed E-state index contributed by atoms with van der Waals surface area (Å²) in [7, 11) is 0. The lowest BCUT2D eigenvalue weighted by Gasteiger charge is -2.03. The summed E-state index contributed by atoms with van der Waals surface area (Å²) in [6.45, 7) is 1.52. The minimum atomic E-state index is -1.01. The third kappa shape index (κ3) is 6.16. The van der Waals surface area contributed by atoms with Crippen LogP contribution in [0.3, 0.4) is 0 Å². The van der Waals surface area contributed by atoms with E-state index in [1.807, 2.05) is 0 Å². The van der Waals surface area contributed by atoms with Crippen LogP contribution in [0.5, 0.6) is 0 Å². The number of rotatable bonds is 7. The topological polar surface area (TPSA) is 91.7 Å². The molecule has 0 saturated carbocycles. The Morgan fingerprint density at radius 1 is 1.07 bits per heavy atom. The molecule has 0 aliphatic heterocycles. The molecule has 0 bridgehead atoms. The number of carboxylic acid groups (broad SMARTS) is 2. The fourth-order valence-corrected chi connectivity index (χ4v) is 0.872. The third-order valence-electron chi connectivity index (χ3n) is 1.90. The predicted molar refractivity (Wildman–Crippen MR) is 47.9 cm³/mol. The van der Waals surface area contributed by atoms with E-state index in [4.69, 9.17) is 10.2 Å². The summed E-state index contributed by atoms with van der Waals surface area (Å²) in [4.78, 5) is 31.5. The first-order valence-electron chi connectivity index (χ1n) is 4.39. The van der Waals surface area contributed by atoms with Crippen molar-refractivity contribution in [2.24, 2.45) is 5.92 Å². The van der Waals surface area contributed by atoms with Gasteiger partial charge in [-0.05, 0) is 6.42 Å². The SMILES string of the molecule is CC(CCC(=O)CCC(=O)O)C(=O)O. The van der Waals surface area contributed by atoms with Gasteiger partial charge in [0.05, 0.1) is 12.3 Å². The molecule has 0 heterocycles. The van der Waals surface area contributed by atoms with Gasteiger partial charge in [0, 0.05) is 12.8 Å². The van der Waals surface area contributed by atoms with E-state index in [1.165, 1.54) is 6.92 Å². The highest BCUT2D eigenvalue weighted by Crippen LogP contribution is 2.07. The molecule has 0 aromatic rings. The number of hydrogen-bond acceptors (Lipinski definition) is 3. The molecule has 5 heteroatoms. The molecule has 0 radical (unpaired) electrons. The van der Waals surface area contributed by atoms with Crippen LogP contribution >= 0.6 is 0 Å². The van der Waals surface area contributed by atoms with Crippen molar-refractivity contribution in [1.29, 1.82) is 0 Å². The monoisotopic (exact) mass is 202 g/mol. The first kappa shape index (κ1) is 12.6. The fourth-order valence-electron chi connectivity index (χ4n) is 0.872. The smallest absolute Gasteiger partial charge is 0.306 e. The van der Waals surface area contributed by atoms with Gasteiger partial charge in [0.25, 0.3) is 0 Å². The zero-order valence-electron chi connectivity index (χ0n) is 8.02. The molecule has 0 saturated heterocycles. The van der Waals surface area contributed by atoms with Crippen molar-refractivity contribution in [1.82, 2.24) is 0 Å². The lowest BCUT2D eigenvalue weighted by atomic mass is 10.0. The van der Waals surface area contributed by atoms with Crippen molar-refractivity contribution in [2.75, 3.05) is 0 Å². The van der Waals surface area contributed by atoms with Gasteiger partial charge in [0.1, 0.15) is 5.78 Å². The average molecular weight is 202 g/mol. The minimum Gasteiger partial charge on any atom is -0.481 e. The van der Waals surface area contributed by atoms with Gasteiger partial charge in [0.2, 0.25) is 0 Å². The maximum atomic E-state index is 11.0. The molecule has 0 aliphatic rings. The van der Waals surface area contributed by atoms with Crippen LogP contribution in [0.25, 0.3) is 0 Å². The summed E-state index contributed by atoms with van der Waals surface area (Å²) in [6.07, 6.45) is 0.219. The van der Waals surface area contributed by atoms with E-state index in [0.717, 1.165) is 0 Å². The van der Waals surface area contributed by atoms with Crippen molar-refractivity contribution in [2.45, 2.75) is 32.6 Å². The van der Waals surface area contributed by atoms with E-state index in [2.05, 4.69) is 0 Å². The van der Waals surface area contributed by atoms with Crippen LogP contribution in [0, 0.1) is 5.92 Å². The lowest BCUT2D eigenvalue weighted by Crippen LogP contribution is -2.12. The molecule has 0 aliphatic carbocycles. The van der Waals surface area contributed by atoms with Gasteiger partial charge >= 0.3 is 11.9 Å². The minimum absolute atomic E-state index is 0.0122. The number of hydrogen-bond donors (Lipinski definition) is 2. The molecule has 0 rings (SSSR count). The van der Waals surface area contributed by atoms with Gasteiger partial charge < -0.3 is 10.2 Å². The standard InChI is InChI=1S/C9H14O5/c1-6(9(13)14)2-3-7(10)4-5-8(11)12/h6H,2-5H2,1H3,(H,11,12)(H,13,14). The highest BCUT2D eigenvalue weighted by atomic mass is 16.4. The van der Waals surface area contributed by atoms with Gasteiger partial charge in [-0.3, -0.25) is 14.4 Å². The zero-order chi connectivity index (χ0) is 11.1. The first-order valence-corrected chi connectivity index (χ1v) is 4.39. The molecule has 1 unspecified atom stereocenters. The molecule has 0 amide bonds. The molecule has 1 atom stereocenters. The summed E-state index contributed by atoms with van der Waals surface area (Å²) in [5, 5.41) is 16.8. The average Bonchev–Trinajstić information content (AvgIpc) is 2.10. The molecule has 0 spiro atoms. The molecule has 14 heavy (non-hydrogen) atoms. The van der Waals surface area contributed by atoms with Gasteiger partial charge in [0.15, 0.2) is 0 Å². The number of carboxylic acids is 2. The van der Waals surface area contributed by atoms with Crippen LogP contribution in [-0.2, 0) is 14.4 Å². The number of ketones is 1. The van der Waals surface area contributed by atoms with Gasteiger partial charge in [-0.1, -0.05) is 6.92 Å². The predicted octanol–water partition coefficient (Wildman–Crippen LogP) is 0.921. The Bertz CT molecular complexity index is 233. The Morgan fingerprint density at radius 3 is 2.07 bits per heavy atom. The molecule has 80 valence electrons. The van der Waals surface area contributed by atoms with E-state index < -0.39 is 17.9 Å². The Hall–Kier alpha value is -1.39. The molecule has 0 aromatic carbocycles. The van der Waals surface area contributed by atoms with E-state index in [0.29, 0.717) is 0 Å². The second-order valence-corrected chi connectivity index (χ2v) is 3.21. The number of aliphatic carboxylic acids is 2. The summed E-state index contributed by atoms with van der Waals surface area (Å²) >= 11 is 0. The van der Waals surface area contributed by atoms with Crippen LogP contribution in [0.2, 0.25) is 0 Å². The Labute approximate surface area is 81.7 Å². The van der Waals surface area contributed by atoms with Crippen molar-refractivity contribution in [3.63, 3.8) is 0 Å². The molecular formula is C9H14O5. The normalized spacial score (nSPS) is 12.1. The van der Waals surface area contributed by atoms with Crippen LogP contribution in [0.1, 0.15) is 32.6 Å². The Morgan fingerprint density at radius 2 is 1.64 bits per heavy atom.